The number of piperidine rings is 1. The number of nitrogens with zero attached hydrogens (tertiary/aromatic N) is 4. The molecule has 3 aromatic rings. The van der Waals surface area contributed by atoms with Crippen molar-refractivity contribution in [3.05, 3.63) is 46.9 Å². The number of aryl methyl sites for hydroxylation is 1. The van der Waals surface area contributed by atoms with Crippen LogP contribution >= 0.6 is 11.3 Å². The monoisotopic (exact) mass is 369 g/mol. The van der Waals surface area contributed by atoms with Crippen molar-refractivity contribution in [1.82, 2.24) is 19.3 Å². The van der Waals surface area contributed by atoms with Crippen LogP contribution in [0, 0.1) is 12.8 Å². The highest BCUT2D eigenvalue weighted by Gasteiger charge is 2.18. The molecule has 136 valence electrons. The first-order valence-electron chi connectivity index (χ1n) is 9.00. The second-order valence-corrected chi connectivity index (χ2v) is 8.03. The highest BCUT2D eigenvalue weighted by atomic mass is 32.1. The van der Waals surface area contributed by atoms with Crippen LogP contribution in [0.5, 0.6) is 0 Å². The SMILES string of the molecule is Cc1ccn2cc(C(=O)Nc3nc(CN4CCCC(C)C4)cs3)nc2c1. The van der Waals surface area contributed by atoms with Gasteiger partial charge in [0.2, 0.25) is 0 Å². The summed E-state index contributed by atoms with van der Waals surface area (Å²) in [5.41, 5.74) is 3.31. The van der Waals surface area contributed by atoms with Crippen LogP contribution in [0.4, 0.5) is 5.13 Å². The lowest BCUT2D eigenvalue weighted by Gasteiger charge is -2.30. The Morgan fingerprint density at radius 3 is 3.15 bits per heavy atom. The second-order valence-electron chi connectivity index (χ2n) is 7.18. The lowest BCUT2D eigenvalue weighted by Crippen LogP contribution is -2.33. The predicted molar refractivity (Wildman–Crippen MR) is 104 cm³/mol. The number of pyridine rings is 1. The molecule has 0 saturated carbocycles. The zero-order valence-corrected chi connectivity index (χ0v) is 15.9. The fraction of sp³-hybridized carbons (Fsp3) is 0.421. The van der Waals surface area contributed by atoms with Gasteiger partial charge < -0.3 is 4.40 Å². The largest absolute Gasteiger partial charge is 0.306 e. The molecule has 4 rings (SSSR count). The van der Waals surface area contributed by atoms with Gasteiger partial charge in [-0.2, -0.15) is 0 Å². The molecule has 0 bridgehead atoms. The van der Waals surface area contributed by atoms with Gasteiger partial charge in [-0.1, -0.05) is 6.92 Å². The molecule has 0 radical (unpaired) electrons. The van der Waals surface area contributed by atoms with Crippen molar-refractivity contribution in [1.29, 1.82) is 0 Å². The van der Waals surface area contributed by atoms with Gasteiger partial charge in [-0.15, -0.1) is 11.3 Å². The van der Waals surface area contributed by atoms with E-state index in [2.05, 4.69) is 27.1 Å². The van der Waals surface area contributed by atoms with E-state index in [9.17, 15) is 4.79 Å². The Balaban J connectivity index is 1.42. The summed E-state index contributed by atoms with van der Waals surface area (Å²) in [5.74, 6) is 0.527. The van der Waals surface area contributed by atoms with E-state index in [1.165, 1.54) is 24.2 Å². The van der Waals surface area contributed by atoms with Crippen molar-refractivity contribution in [2.45, 2.75) is 33.2 Å². The van der Waals surface area contributed by atoms with Crippen LogP contribution in [0.2, 0.25) is 0 Å². The van der Waals surface area contributed by atoms with E-state index in [4.69, 9.17) is 0 Å². The van der Waals surface area contributed by atoms with Gasteiger partial charge in [0.05, 0.1) is 5.69 Å². The van der Waals surface area contributed by atoms with Crippen molar-refractivity contribution in [3.8, 4) is 0 Å². The number of carbonyl (C=O) groups is 1. The van der Waals surface area contributed by atoms with Gasteiger partial charge in [-0.05, 0) is 49.9 Å². The smallest absolute Gasteiger partial charge is 0.277 e. The topological polar surface area (TPSA) is 62.5 Å². The maximum absolute atomic E-state index is 12.5. The molecule has 0 aliphatic carbocycles. The molecule has 0 aromatic carbocycles. The van der Waals surface area contributed by atoms with E-state index in [0.717, 1.165) is 42.5 Å². The fourth-order valence-corrected chi connectivity index (χ4v) is 4.15. The van der Waals surface area contributed by atoms with Crippen molar-refractivity contribution < 1.29 is 4.79 Å². The summed E-state index contributed by atoms with van der Waals surface area (Å²) >= 11 is 1.47. The average Bonchev–Trinajstić information content (AvgIpc) is 3.21. The summed E-state index contributed by atoms with van der Waals surface area (Å²) in [6.07, 6.45) is 6.22. The van der Waals surface area contributed by atoms with E-state index in [0.29, 0.717) is 10.8 Å². The van der Waals surface area contributed by atoms with Crippen molar-refractivity contribution in [2.24, 2.45) is 5.92 Å². The van der Waals surface area contributed by atoms with Crippen LogP contribution < -0.4 is 5.32 Å². The Hall–Kier alpha value is -2.25. The van der Waals surface area contributed by atoms with Crippen LogP contribution in [0.1, 0.15) is 41.5 Å². The normalized spacial score (nSPS) is 18.3. The number of nitrogens with one attached hydrogen (secondary N) is 1. The zero-order valence-electron chi connectivity index (χ0n) is 15.1. The molecule has 1 aliphatic heterocycles. The molecule has 1 amide bonds. The predicted octanol–water partition coefficient (Wildman–Crippen LogP) is 3.58. The number of hydrogen-bond donors (Lipinski definition) is 1. The first kappa shape index (κ1) is 17.2. The lowest BCUT2D eigenvalue weighted by molar-refractivity contribution is 0.102. The quantitative estimate of drug-likeness (QED) is 0.763. The second kappa shape index (κ2) is 7.17. The van der Waals surface area contributed by atoms with E-state index in [1.54, 1.807) is 6.20 Å². The van der Waals surface area contributed by atoms with Gasteiger partial charge in [0, 0.05) is 30.9 Å². The summed E-state index contributed by atoms with van der Waals surface area (Å²) < 4.78 is 1.85. The Bertz CT molecular complexity index is 931. The van der Waals surface area contributed by atoms with E-state index in [-0.39, 0.29) is 5.91 Å². The lowest BCUT2D eigenvalue weighted by atomic mass is 10.0. The molecule has 3 aromatic heterocycles. The van der Waals surface area contributed by atoms with Crippen LogP contribution in [-0.4, -0.2) is 38.3 Å². The highest BCUT2D eigenvalue weighted by molar-refractivity contribution is 7.13. The fourth-order valence-electron chi connectivity index (χ4n) is 3.45. The standard InChI is InChI=1S/C19H23N5OS/c1-13-5-7-24-11-16(21-17(24)8-13)18(25)22-19-20-15(12-26-19)10-23-6-3-4-14(2)9-23/h5,7-8,11-12,14H,3-4,6,9-10H2,1-2H3,(H,20,22,25). The molecule has 26 heavy (non-hydrogen) atoms. The van der Waals surface area contributed by atoms with Gasteiger partial charge in [-0.3, -0.25) is 15.0 Å². The number of fused-ring (bicyclic) bond motifs is 1. The van der Waals surface area contributed by atoms with Gasteiger partial charge >= 0.3 is 0 Å². The third kappa shape index (κ3) is 3.78. The molecule has 0 spiro atoms. The first-order chi connectivity index (χ1) is 12.6. The maximum Gasteiger partial charge on any atom is 0.277 e. The minimum absolute atomic E-state index is 0.223. The molecule has 7 heteroatoms. The summed E-state index contributed by atoms with van der Waals surface area (Å²) in [6, 6.07) is 3.95. The number of rotatable bonds is 4. The summed E-state index contributed by atoms with van der Waals surface area (Å²) in [5, 5.41) is 5.53. The average molecular weight is 369 g/mol. The Morgan fingerprint density at radius 1 is 1.42 bits per heavy atom. The number of thiazole rings is 1. The van der Waals surface area contributed by atoms with Crippen LogP contribution in [-0.2, 0) is 6.54 Å². The number of likely N-dealkylation sites (tertiary alicyclic amines) is 1. The van der Waals surface area contributed by atoms with Crippen molar-refractivity contribution in [2.75, 3.05) is 18.4 Å². The van der Waals surface area contributed by atoms with Crippen LogP contribution in [0.15, 0.2) is 29.9 Å². The van der Waals surface area contributed by atoms with Gasteiger partial charge in [0.15, 0.2) is 5.13 Å². The summed E-state index contributed by atoms with van der Waals surface area (Å²) in [4.78, 5) is 23.9. The minimum Gasteiger partial charge on any atom is -0.306 e. The highest BCUT2D eigenvalue weighted by Crippen LogP contribution is 2.21. The molecule has 1 fully saturated rings. The first-order valence-corrected chi connectivity index (χ1v) is 9.88. The van der Waals surface area contributed by atoms with Gasteiger partial charge in [0.1, 0.15) is 11.3 Å². The molecule has 1 saturated heterocycles. The van der Waals surface area contributed by atoms with Crippen molar-refractivity contribution >= 4 is 28.0 Å². The Morgan fingerprint density at radius 2 is 2.31 bits per heavy atom. The van der Waals surface area contributed by atoms with Crippen LogP contribution in [0.3, 0.4) is 0 Å². The zero-order chi connectivity index (χ0) is 18.1. The van der Waals surface area contributed by atoms with Crippen LogP contribution in [0.25, 0.3) is 5.65 Å². The van der Waals surface area contributed by atoms with E-state index >= 15 is 0 Å². The number of hydrogen-bond acceptors (Lipinski definition) is 5. The Kier molecular flexibility index (Phi) is 4.74. The summed E-state index contributed by atoms with van der Waals surface area (Å²) in [7, 11) is 0. The number of amides is 1. The molecule has 6 nitrogen and oxygen atoms in total. The number of aromatic nitrogens is 3. The Labute approximate surface area is 156 Å². The number of imidazole rings is 1. The molecule has 1 aliphatic rings. The van der Waals surface area contributed by atoms with E-state index in [1.807, 2.05) is 35.0 Å². The molecule has 1 atom stereocenters. The summed E-state index contributed by atoms with van der Waals surface area (Å²) in [6.45, 7) is 7.41. The maximum atomic E-state index is 12.5. The van der Waals surface area contributed by atoms with Gasteiger partial charge in [-0.25, -0.2) is 9.97 Å². The minimum atomic E-state index is -0.223. The number of carbonyl (C=O) groups excluding carboxylic acids is 1. The molecule has 1 N–H and O–H groups in total. The third-order valence-corrected chi connectivity index (χ3v) is 5.55. The van der Waals surface area contributed by atoms with Gasteiger partial charge in [0.25, 0.3) is 5.91 Å². The number of anilines is 1. The third-order valence-electron chi connectivity index (χ3n) is 4.75. The molecular weight excluding hydrogens is 346 g/mol. The molecular formula is C19H23N5OS. The molecule has 4 heterocycles. The molecule has 1 unspecified atom stereocenters. The van der Waals surface area contributed by atoms with Crippen molar-refractivity contribution in [3.63, 3.8) is 0 Å². The van der Waals surface area contributed by atoms with E-state index < -0.39 is 0 Å².